The van der Waals surface area contributed by atoms with Crippen LogP contribution in [0.1, 0.15) is 17.2 Å². The molecule has 50 valence electrons. The second-order valence-electron chi connectivity index (χ2n) is 1.76. The van der Waals surface area contributed by atoms with E-state index < -0.39 is 0 Å². The molecule has 0 saturated heterocycles. The molecule has 0 spiro atoms. The molecule has 0 fully saturated rings. The van der Waals surface area contributed by atoms with Crippen molar-refractivity contribution < 1.29 is 0 Å². The molecular formula is C6H6BrClS. The van der Waals surface area contributed by atoms with Gasteiger partial charge in [-0.2, -0.15) is 0 Å². The van der Waals surface area contributed by atoms with Crippen LogP contribution in [-0.4, -0.2) is 0 Å². The lowest BCUT2D eigenvalue weighted by molar-refractivity contribution is 1.12. The van der Waals surface area contributed by atoms with Gasteiger partial charge in [-0.25, -0.2) is 0 Å². The van der Waals surface area contributed by atoms with Crippen LogP contribution in [0.25, 0.3) is 0 Å². The summed E-state index contributed by atoms with van der Waals surface area (Å²) in [6, 6.07) is 4.05. The van der Waals surface area contributed by atoms with E-state index in [0.717, 1.165) is 3.79 Å². The molecule has 1 aromatic heterocycles. The monoisotopic (exact) mass is 224 g/mol. The zero-order valence-electron chi connectivity index (χ0n) is 4.90. The van der Waals surface area contributed by atoms with Gasteiger partial charge in [0, 0.05) is 4.88 Å². The van der Waals surface area contributed by atoms with Gasteiger partial charge in [-0.05, 0) is 35.0 Å². The number of thiophene rings is 1. The third-order valence-electron chi connectivity index (χ3n) is 0.986. The third-order valence-corrected chi connectivity index (χ3v) is 3.16. The Morgan fingerprint density at radius 3 is 2.56 bits per heavy atom. The van der Waals surface area contributed by atoms with E-state index in [9.17, 15) is 0 Å². The van der Waals surface area contributed by atoms with E-state index >= 15 is 0 Å². The van der Waals surface area contributed by atoms with Crippen molar-refractivity contribution in [3.63, 3.8) is 0 Å². The van der Waals surface area contributed by atoms with Crippen LogP contribution in [0.15, 0.2) is 15.9 Å². The summed E-state index contributed by atoms with van der Waals surface area (Å²) in [5, 5.41) is 0.140. The first-order valence-corrected chi connectivity index (χ1v) is 4.64. The molecule has 0 amide bonds. The van der Waals surface area contributed by atoms with Gasteiger partial charge in [-0.1, -0.05) is 0 Å². The fourth-order valence-corrected chi connectivity index (χ4v) is 2.10. The van der Waals surface area contributed by atoms with E-state index in [-0.39, 0.29) is 5.38 Å². The van der Waals surface area contributed by atoms with Crippen molar-refractivity contribution in [1.82, 2.24) is 0 Å². The van der Waals surface area contributed by atoms with Crippen molar-refractivity contribution in [1.29, 1.82) is 0 Å². The molecule has 0 saturated carbocycles. The Morgan fingerprint density at radius 2 is 2.33 bits per heavy atom. The number of hydrogen-bond donors (Lipinski definition) is 0. The van der Waals surface area contributed by atoms with Gasteiger partial charge < -0.3 is 0 Å². The van der Waals surface area contributed by atoms with Gasteiger partial charge >= 0.3 is 0 Å². The third kappa shape index (κ3) is 1.95. The standard InChI is InChI=1S/C6H6BrClS/c1-4(8)5-2-3-6(7)9-5/h2-4H,1H3. The van der Waals surface area contributed by atoms with Crippen molar-refractivity contribution in [3.8, 4) is 0 Å². The second kappa shape index (κ2) is 3.04. The highest BCUT2D eigenvalue weighted by molar-refractivity contribution is 9.11. The first-order valence-electron chi connectivity index (χ1n) is 2.59. The summed E-state index contributed by atoms with van der Waals surface area (Å²) in [6.07, 6.45) is 0. The summed E-state index contributed by atoms with van der Waals surface area (Å²) in [7, 11) is 0. The molecule has 3 heteroatoms. The molecule has 0 bridgehead atoms. The van der Waals surface area contributed by atoms with Crippen LogP contribution in [0.3, 0.4) is 0 Å². The first-order chi connectivity index (χ1) is 4.20. The van der Waals surface area contributed by atoms with Gasteiger partial charge in [0.25, 0.3) is 0 Å². The van der Waals surface area contributed by atoms with Crippen molar-refractivity contribution in [2.24, 2.45) is 0 Å². The molecule has 1 unspecified atom stereocenters. The number of halogens is 2. The van der Waals surface area contributed by atoms with Crippen LogP contribution in [0, 0.1) is 0 Å². The Kier molecular flexibility index (Phi) is 2.56. The van der Waals surface area contributed by atoms with Crippen LogP contribution >= 0.6 is 38.9 Å². The zero-order chi connectivity index (χ0) is 6.85. The van der Waals surface area contributed by atoms with Crippen LogP contribution in [0.5, 0.6) is 0 Å². The summed E-state index contributed by atoms with van der Waals surface area (Å²) in [5.74, 6) is 0. The average molecular weight is 226 g/mol. The molecule has 0 aliphatic carbocycles. The van der Waals surface area contributed by atoms with Crippen molar-refractivity contribution >= 4 is 38.9 Å². The molecule has 9 heavy (non-hydrogen) atoms. The summed E-state index contributed by atoms with van der Waals surface area (Å²) in [5.41, 5.74) is 0. The van der Waals surface area contributed by atoms with Crippen molar-refractivity contribution in [2.75, 3.05) is 0 Å². The summed E-state index contributed by atoms with van der Waals surface area (Å²) in [4.78, 5) is 1.21. The van der Waals surface area contributed by atoms with E-state index in [1.165, 1.54) is 4.88 Å². The molecule has 0 aliphatic heterocycles. The van der Waals surface area contributed by atoms with Crippen molar-refractivity contribution in [2.45, 2.75) is 12.3 Å². The summed E-state index contributed by atoms with van der Waals surface area (Å²) in [6.45, 7) is 1.97. The summed E-state index contributed by atoms with van der Waals surface area (Å²) < 4.78 is 1.14. The molecule has 1 atom stereocenters. The SMILES string of the molecule is CC(Cl)c1ccc(Br)s1. The van der Waals surface area contributed by atoms with E-state index in [4.69, 9.17) is 11.6 Å². The van der Waals surface area contributed by atoms with Crippen LogP contribution in [0.4, 0.5) is 0 Å². The minimum absolute atomic E-state index is 0.140. The Bertz CT molecular complexity index is 195. The minimum Gasteiger partial charge on any atom is -0.132 e. The number of hydrogen-bond acceptors (Lipinski definition) is 1. The molecule has 0 aromatic carbocycles. The quantitative estimate of drug-likeness (QED) is 0.638. The maximum atomic E-state index is 5.81. The lowest BCUT2D eigenvalue weighted by atomic mass is 10.4. The predicted molar refractivity (Wildman–Crippen MR) is 46.3 cm³/mol. The lowest BCUT2D eigenvalue weighted by Gasteiger charge is -1.93. The highest BCUT2D eigenvalue weighted by Gasteiger charge is 2.02. The predicted octanol–water partition coefficient (Wildman–Crippen LogP) is 3.81. The Labute approximate surface area is 72.0 Å². The lowest BCUT2D eigenvalue weighted by Crippen LogP contribution is -1.72. The molecule has 0 aliphatic rings. The molecule has 0 nitrogen and oxygen atoms in total. The topological polar surface area (TPSA) is 0 Å². The van der Waals surface area contributed by atoms with Gasteiger partial charge in [0.2, 0.25) is 0 Å². The molecule has 1 heterocycles. The summed E-state index contributed by atoms with van der Waals surface area (Å²) >= 11 is 10.8. The second-order valence-corrected chi connectivity index (χ2v) is 4.91. The molecule has 1 rings (SSSR count). The van der Waals surface area contributed by atoms with Gasteiger partial charge in [-0.15, -0.1) is 22.9 Å². The average Bonchev–Trinajstić information content (AvgIpc) is 2.14. The normalized spacial score (nSPS) is 13.7. The van der Waals surface area contributed by atoms with E-state index in [0.29, 0.717) is 0 Å². The smallest absolute Gasteiger partial charge is 0.0701 e. The van der Waals surface area contributed by atoms with Gasteiger partial charge in [0.05, 0.1) is 9.16 Å². The molecule has 1 aromatic rings. The van der Waals surface area contributed by atoms with Gasteiger partial charge in [0.15, 0.2) is 0 Å². The van der Waals surface area contributed by atoms with Gasteiger partial charge in [0.1, 0.15) is 0 Å². The van der Waals surface area contributed by atoms with Crippen molar-refractivity contribution in [3.05, 3.63) is 20.8 Å². The number of alkyl halides is 1. The maximum Gasteiger partial charge on any atom is 0.0701 e. The molecular weight excluding hydrogens is 219 g/mol. The number of rotatable bonds is 1. The fourth-order valence-electron chi connectivity index (χ4n) is 0.542. The van der Waals surface area contributed by atoms with E-state index in [1.807, 2.05) is 19.1 Å². The Hall–Kier alpha value is 0.470. The molecule has 0 N–H and O–H groups in total. The van der Waals surface area contributed by atoms with Crippen LogP contribution < -0.4 is 0 Å². The maximum absolute atomic E-state index is 5.81. The zero-order valence-corrected chi connectivity index (χ0v) is 8.05. The Balaban J connectivity index is 2.85. The highest BCUT2D eigenvalue weighted by atomic mass is 79.9. The largest absolute Gasteiger partial charge is 0.132 e. The molecule has 0 radical (unpaired) electrons. The van der Waals surface area contributed by atoms with Gasteiger partial charge in [-0.3, -0.25) is 0 Å². The Morgan fingerprint density at radius 1 is 1.67 bits per heavy atom. The fraction of sp³-hybridized carbons (Fsp3) is 0.333. The van der Waals surface area contributed by atoms with Crippen LogP contribution in [0.2, 0.25) is 0 Å². The highest BCUT2D eigenvalue weighted by Crippen LogP contribution is 2.30. The van der Waals surface area contributed by atoms with Crippen LogP contribution in [-0.2, 0) is 0 Å². The first kappa shape index (κ1) is 7.58. The van der Waals surface area contributed by atoms with E-state index in [1.54, 1.807) is 11.3 Å². The van der Waals surface area contributed by atoms with E-state index in [2.05, 4.69) is 15.9 Å². The minimum atomic E-state index is 0.140.